The molecule has 0 saturated heterocycles. The van der Waals surface area contributed by atoms with Crippen molar-refractivity contribution in [2.24, 2.45) is 0 Å². The molecule has 2 aromatic rings. The van der Waals surface area contributed by atoms with Crippen LogP contribution in [0.3, 0.4) is 0 Å². The van der Waals surface area contributed by atoms with Gasteiger partial charge in [0, 0.05) is 22.9 Å². The Labute approximate surface area is 141 Å². The number of para-hydroxylation sites is 1. The van der Waals surface area contributed by atoms with Crippen LogP contribution in [0.5, 0.6) is 0 Å². The molecule has 2 aromatic carbocycles. The zero-order valence-electron chi connectivity index (χ0n) is 13.2. The zero-order valence-corrected chi connectivity index (χ0v) is 13.9. The van der Waals surface area contributed by atoms with Gasteiger partial charge in [0.05, 0.1) is 0 Å². The molecule has 5 heteroatoms. The molecule has 0 radical (unpaired) electrons. The summed E-state index contributed by atoms with van der Waals surface area (Å²) in [6.07, 6.45) is -0.214. The number of amides is 2. The number of hydrogen-bond donors (Lipinski definition) is 1. The second-order valence-electron chi connectivity index (χ2n) is 5.16. The van der Waals surface area contributed by atoms with E-state index < -0.39 is 0 Å². The highest BCUT2D eigenvalue weighted by molar-refractivity contribution is 6.31. The van der Waals surface area contributed by atoms with Crippen LogP contribution in [0, 0.1) is 6.92 Å². The summed E-state index contributed by atoms with van der Waals surface area (Å²) in [5, 5.41) is 3.28. The van der Waals surface area contributed by atoms with Gasteiger partial charge in [-0.1, -0.05) is 35.9 Å². The SMILES string of the molecule is CCN(C(=O)CC(=O)Nc1ccc(C)c(Cl)c1)c1ccccc1. The third kappa shape index (κ3) is 4.57. The summed E-state index contributed by atoms with van der Waals surface area (Å²) in [7, 11) is 0. The molecule has 0 saturated carbocycles. The Balaban J connectivity index is 2.01. The first-order valence-corrected chi connectivity index (χ1v) is 7.80. The van der Waals surface area contributed by atoms with Gasteiger partial charge in [0.2, 0.25) is 11.8 Å². The molecule has 0 spiro atoms. The summed E-state index contributed by atoms with van der Waals surface area (Å²) >= 11 is 6.03. The lowest BCUT2D eigenvalue weighted by molar-refractivity contribution is -0.125. The fourth-order valence-electron chi connectivity index (χ4n) is 2.22. The molecule has 2 rings (SSSR count). The smallest absolute Gasteiger partial charge is 0.236 e. The molecule has 0 aliphatic rings. The van der Waals surface area contributed by atoms with Gasteiger partial charge in [-0.15, -0.1) is 0 Å². The first-order chi connectivity index (χ1) is 11.0. The Morgan fingerprint density at radius 2 is 1.83 bits per heavy atom. The quantitative estimate of drug-likeness (QED) is 0.841. The van der Waals surface area contributed by atoms with Crippen LogP contribution in [0.15, 0.2) is 48.5 Å². The minimum absolute atomic E-state index is 0.214. The zero-order chi connectivity index (χ0) is 16.8. The Bertz CT molecular complexity index is 701. The second kappa shape index (κ2) is 7.79. The van der Waals surface area contributed by atoms with Gasteiger partial charge in [0.25, 0.3) is 0 Å². The third-order valence-corrected chi connectivity index (χ3v) is 3.86. The number of benzene rings is 2. The van der Waals surface area contributed by atoms with Crippen molar-refractivity contribution >= 4 is 34.8 Å². The Kier molecular flexibility index (Phi) is 5.77. The van der Waals surface area contributed by atoms with E-state index in [0.29, 0.717) is 17.3 Å². The number of nitrogens with one attached hydrogen (secondary N) is 1. The number of nitrogens with zero attached hydrogens (tertiary/aromatic N) is 1. The Hall–Kier alpha value is -2.33. The van der Waals surface area contributed by atoms with Crippen LogP contribution in [0.25, 0.3) is 0 Å². The lowest BCUT2D eigenvalue weighted by atomic mass is 10.2. The molecule has 23 heavy (non-hydrogen) atoms. The van der Waals surface area contributed by atoms with Crippen molar-refractivity contribution in [1.29, 1.82) is 0 Å². The Morgan fingerprint density at radius 3 is 2.43 bits per heavy atom. The predicted octanol–water partition coefficient (Wildman–Crippen LogP) is 4.03. The van der Waals surface area contributed by atoms with E-state index >= 15 is 0 Å². The van der Waals surface area contributed by atoms with Crippen LogP contribution in [0.4, 0.5) is 11.4 Å². The van der Waals surface area contributed by atoms with E-state index in [0.717, 1.165) is 11.3 Å². The van der Waals surface area contributed by atoms with Gasteiger partial charge in [0.1, 0.15) is 6.42 Å². The molecule has 2 amide bonds. The van der Waals surface area contributed by atoms with Gasteiger partial charge in [-0.3, -0.25) is 9.59 Å². The standard InChI is InChI=1S/C18H19ClN2O2/c1-3-21(15-7-5-4-6-8-15)18(23)12-17(22)20-14-10-9-13(2)16(19)11-14/h4-11H,3,12H2,1-2H3,(H,20,22). The predicted molar refractivity (Wildman–Crippen MR) is 93.9 cm³/mol. The average Bonchev–Trinajstić information content (AvgIpc) is 2.52. The van der Waals surface area contributed by atoms with Crippen molar-refractivity contribution in [3.8, 4) is 0 Å². The fourth-order valence-corrected chi connectivity index (χ4v) is 2.40. The molecule has 0 atom stereocenters. The molecule has 0 aliphatic heterocycles. The number of hydrogen-bond acceptors (Lipinski definition) is 2. The van der Waals surface area contributed by atoms with Crippen molar-refractivity contribution < 1.29 is 9.59 Å². The maximum atomic E-state index is 12.3. The molecule has 0 heterocycles. The van der Waals surface area contributed by atoms with Crippen molar-refractivity contribution in [2.45, 2.75) is 20.3 Å². The summed E-state index contributed by atoms with van der Waals surface area (Å²) in [4.78, 5) is 26.0. The van der Waals surface area contributed by atoms with E-state index in [1.165, 1.54) is 0 Å². The summed E-state index contributed by atoms with van der Waals surface area (Å²) in [5.74, 6) is -0.598. The lowest BCUT2D eigenvalue weighted by Crippen LogP contribution is -2.33. The van der Waals surface area contributed by atoms with E-state index in [1.807, 2.05) is 50.2 Å². The monoisotopic (exact) mass is 330 g/mol. The largest absolute Gasteiger partial charge is 0.326 e. The maximum absolute atomic E-state index is 12.3. The van der Waals surface area contributed by atoms with Crippen LogP contribution >= 0.6 is 11.6 Å². The summed E-state index contributed by atoms with van der Waals surface area (Å²) in [5.41, 5.74) is 2.30. The van der Waals surface area contributed by atoms with Gasteiger partial charge >= 0.3 is 0 Å². The molecule has 0 unspecified atom stereocenters. The molecule has 4 nitrogen and oxygen atoms in total. The molecule has 0 fully saturated rings. The highest BCUT2D eigenvalue weighted by atomic mass is 35.5. The van der Waals surface area contributed by atoms with Crippen molar-refractivity contribution in [1.82, 2.24) is 0 Å². The summed E-state index contributed by atoms with van der Waals surface area (Å²) in [6.45, 7) is 4.27. The molecular formula is C18H19ClN2O2. The number of carbonyl (C=O) groups excluding carboxylic acids is 2. The normalized spacial score (nSPS) is 10.2. The first-order valence-electron chi connectivity index (χ1n) is 7.42. The van der Waals surface area contributed by atoms with Gasteiger partial charge in [-0.25, -0.2) is 0 Å². The number of carbonyl (C=O) groups is 2. The average molecular weight is 331 g/mol. The lowest BCUT2D eigenvalue weighted by Gasteiger charge is -2.20. The van der Waals surface area contributed by atoms with E-state index in [1.54, 1.807) is 17.0 Å². The van der Waals surface area contributed by atoms with E-state index in [9.17, 15) is 9.59 Å². The first kappa shape index (κ1) is 17.0. The highest BCUT2D eigenvalue weighted by Gasteiger charge is 2.17. The van der Waals surface area contributed by atoms with Crippen molar-refractivity contribution in [3.05, 3.63) is 59.1 Å². The van der Waals surface area contributed by atoms with Gasteiger partial charge in [0.15, 0.2) is 0 Å². The number of aryl methyl sites for hydroxylation is 1. The molecular weight excluding hydrogens is 312 g/mol. The molecule has 120 valence electrons. The van der Waals surface area contributed by atoms with E-state index in [2.05, 4.69) is 5.32 Å². The van der Waals surface area contributed by atoms with Crippen LogP contribution in [-0.2, 0) is 9.59 Å². The molecule has 1 N–H and O–H groups in total. The van der Waals surface area contributed by atoms with Crippen LogP contribution < -0.4 is 10.2 Å². The van der Waals surface area contributed by atoms with E-state index in [-0.39, 0.29) is 18.2 Å². The second-order valence-corrected chi connectivity index (χ2v) is 5.57. The fraction of sp³-hybridized carbons (Fsp3) is 0.222. The number of rotatable bonds is 5. The molecule has 0 aliphatic carbocycles. The number of anilines is 2. The van der Waals surface area contributed by atoms with Crippen molar-refractivity contribution in [3.63, 3.8) is 0 Å². The molecule has 0 bridgehead atoms. The minimum Gasteiger partial charge on any atom is -0.326 e. The van der Waals surface area contributed by atoms with Gasteiger partial charge in [-0.05, 0) is 43.7 Å². The summed E-state index contributed by atoms with van der Waals surface area (Å²) in [6, 6.07) is 14.6. The molecule has 0 aromatic heterocycles. The van der Waals surface area contributed by atoms with Crippen LogP contribution in [-0.4, -0.2) is 18.4 Å². The third-order valence-electron chi connectivity index (χ3n) is 3.45. The van der Waals surface area contributed by atoms with Crippen LogP contribution in [0.1, 0.15) is 18.9 Å². The van der Waals surface area contributed by atoms with Crippen LogP contribution in [0.2, 0.25) is 5.02 Å². The topological polar surface area (TPSA) is 49.4 Å². The number of halogens is 1. The maximum Gasteiger partial charge on any atom is 0.236 e. The van der Waals surface area contributed by atoms with Gasteiger partial charge < -0.3 is 10.2 Å². The minimum atomic E-state index is -0.357. The summed E-state index contributed by atoms with van der Waals surface area (Å²) < 4.78 is 0. The Morgan fingerprint density at radius 1 is 1.13 bits per heavy atom. The van der Waals surface area contributed by atoms with Crippen molar-refractivity contribution in [2.75, 3.05) is 16.8 Å². The van der Waals surface area contributed by atoms with Gasteiger partial charge in [-0.2, -0.15) is 0 Å². The van der Waals surface area contributed by atoms with E-state index in [4.69, 9.17) is 11.6 Å². The highest BCUT2D eigenvalue weighted by Crippen LogP contribution is 2.20.